The molecule has 0 aromatic heterocycles. The number of hydrogen-bond donors (Lipinski definition) is 6. The first-order chi connectivity index (χ1) is 15.2. The van der Waals surface area contributed by atoms with Crippen molar-refractivity contribution in [2.75, 3.05) is 6.61 Å². The lowest BCUT2D eigenvalue weighted by Crippen LogP contribution is -2.60. The number of aliphatic hydroxyl groups is 4. The van der Waals surface area contributed by atoms with Crippen LogP contribution in [0.4, 0.5) is 0 Å². The molecule has 1 aromatic carbocycles. The molecule has 6 N–H and O–H groups in total. The summed E-state index contributed by atoms with van der Waals surface area (Å²) < 4.78 is 16.7. The van der Waals surface area contributed by atoms with E-state index in [1.165, 1.54) is 12.1 Å². The number of aliphatic hydroxyl groups excluding tert-OH is 4. The van der Waals surface area contributed by atoms with Crippen LogP contribution in [0.1, 0.15) is 0 Å². The second kappa shape index (κ2) is 8.30. The summed E-state index contributed by atoms with van der Waals surface area (Å²) in [6, 6.07) is 6.81. The SMILES string of the molecule is O=c1cc2oc(-c3ccc([O-])c(O)c3)c(O[C@@H]3O[C@H](CO)[C@@H](O)[C@H](O)[C@H]3O)cc-2c(O)c1. The summed E-state index contributed by atoms with van der Waals surface area (Å²) in [5.74, 6) is -1.94. The standard InChI is InChI=1S/C21H20O11/c22-7-16-17(27)18(28)19(29)21(32-16)31-15-6-10-12(25)4-9(23)5-14(10)30-20(15)8-1-2-11(24)13(26)3-8/h1-6,16-19,21-22,24-29H,7H2/p-1/t16-,17-,18+,19-,21-/m1/s1. The van der Waals surface area contributed by atoms with Crippen molar-refractivity contribution in [3.63, 3.8) is 0 Å². The average Bonchev–Trinajstić information content (AvgIpc) is 2.76. The smallest absolute Gasteiger partial charge is 0.229 e. The molecule has 0 spiro atoms. The zero-order valence-corrected chi connectivity index (χ0v) is 16.3. The first-order valence-corrected chi connectivity index (χ1v) is 9.48. The Labute approximate surface area is 179 Å². The predicted molar refractivity (Wildman–Crippen MR) is 104 cm³/mol. The van der Waals surface area contributed by atoms with Gasteiger partial charge in [-0.25, -0.2) is 0 Å². The summed E-state index contributed by atoms with van der Waals surface area (Å²) in [5, 5.41) is 71.1. The van der Waals surface area contributed by atoms with Crippen LogP contribution in [0.15, 0.2) is 45.6 Å². The number of benzene rings is 2. The number of hydrogen-bond acceptors (Lipinski definition) is 11. The molecule has 5 atom stereocenters. The Hall–Kier alpha value is -3.35. The molecule has 170 valence electrons. The Kier molecular flexibility index (Phi) is 5.67. The lowest BCUT2D eigenvalue weighted by atomic mass is 9.99. The van der Waals surface area contributed by atoms with E-state index in [1.807, 2.05) is 0 Å². The van der Waals surface area contributed by atoms with Crippen LogP contribution in [0.5, 0.6) is 23.0 Å². The monoisotopic (exact) mass is 447 g/mol. The van der Waals surface area contributed by atoms with Gasteiger partial charge in [-0.2, -0.15) is 0 Å². The van der Waals surface area contributed by atoms with Gasteiger partial charge < -0.3 is 49.6 Å². The van der Waals surface area contributed by atoms with Gasteiger partial charge >= 0.3 is 0 Å². The molecule has 2 aliphatic heterocycles. The molecule has 0 bridgehead atoms. The van der Waals surface area contributed by atoms with Crippen molar-refractivity contribution in [2.45, 2.75) is 30.7 Å². The van der Waals surface area contributed by atoms with Gasteiger partial charge in [0.25, 0.3) is 0 Å². The molecule has 1 fully saturated rings. The number of phenols is 2. The molecular formula is C21H19O11-. The minimum absolute atomic E-state index is 0.0307. The molecule has 0 amide bonds. The van der Waals surface area contributed by atoms with Crippen LogP contribution in [0, 0.1) is 0 Å². The Morgan fingerprint density at radius 3 is 2.41 bits per heavy atom. The summed E-state index contributed by atoms with van der Waals surface area (Å²) >= 11 is 0. The van der Waals surface area contributed by atoms with Gasteiger partial charge in [0.2, 0.25) is 6.29 Å². The molecule has 1 aromatic rings. The minimum atomic E-state index is -1.73. The molecular weight excluding hydrogens is 428 g/mol. The normalized spacial score (nSPS) is 25.7. The Bertz CT molecular complexity index is 1150. The van der Waals surface area contributed by atoms with Crippen molar-refractivity contribution in [1.82, 2.24) is 0 Å². The molecule has 1 aliphatic carbocycles. The lowest BCUT2D eigenvalue weighted by Gasteiger charge is -2.39. The Morgan fingerprint density at radius 2 is 1.72 bits per heavy atom. The van der Waals surface area contributed by atoms with E-state index in [1.54, 1.807) is 0 Å². The molecule has 2 heterocycles. The zero-order chi connectivity index (χ0) is 23.2. The Balaban J connectivity index is 1.84. The number of aromatic hydroxyl groups is 2. The second-order valence-electron chi connectivity index (χ2n) is 7.29. The second-order valence-corrected chi connectivity index (χ2v) is 7.29. The largest absolute Gasteiger partial charge is 0.870 e. The van der Waals surface area contributed by atoms with Crippen LogP contribution in [-0.4, -0.2) is 68.0 Å². The van der Waals surface area contributed by atoms with Gasteiger partial charge in [0.15, 0.2) is 16.9 Å². The van der Waals surface area contributed by atoms with Gasteiger partial charge in [0.1, 0.15) is 41.7 Å². The number of phenolic OH excluding ortho intramolecular Hbond substituents is 2. The number of rotatable bonds is 4. The fourth-order valence-electron chi connectivity index (χ4n) is 3.41. The first-order valence-electron chi connectivity index (χ1n) is 9.48. The average molecular weight is 447 g/mol. The number of ether oxygens (including phenoxy) is 2. The summed E-state index contributed by atoms with van der Waals surface area (Å²) in [6.07, 6.45) is -7.85. The third-order valence-corrected chi connectivity index (χ3v) is 5.12. The third-order valence-electron chi connectivity index (χ3n) is 5.12. The van der Waals surface area contributed by atoms with Crippen LogP contribution in [0.3, 0.4) is 0 Å². The van der Waals surface area contributed by atoms with Gasteiger partial charge in [0.05, 0.1) is 12.2 Å². The Morgan fingerprint density at radius 1 is 0.969 bits per heavy atom. The van der Waals surface area contributed by atoms with Gasteiger partial charge in [-0.15, -0.1) is 0 Å². The highest BCUT2D eigenvalue weighted by molar-refractivity contribution is 5.75. The first kappa shape index (κ1) is 21.9. The van der Waals surface area contributed by atoms with Crippen LogP contribution in [0.25, 0.3) is 22.6 Å². The van der Waals surface area contributed by atoms with Crippen molar-refractivity contribution < 1.29 is 49.6 Å². The molecule has 32 heavy (non-hydrogen) atoms. The van der Waals surface area contributed by atoms with E-state index < -0.39 is 60.0 Å². The maximum Gasteiger partial charge on any atom is 0.229 e. The molecule has 0 saturated carbocycles. The fourth-order valence-corrected chi connectivity index (χ4v) is 3.41. The van der Waals surface area contributed by atoms with Gasteiger partial charge in [-0.3, -0.25) is 4.79 Å². The van der Waals surface area contributed by atoms with E-state index in [0.717, 1.165) is 24.3 Å². The topological polar surface area (TPSA) is 193 Å². The quantitative estimate of drug-likeness (QED) is 0.289. The zero-order valence-electron chi connectivity index (χ0n) is 16.3. The highest BCUT2D eigenvalue weighted by Crippen LogP contribution is 2.42. The van der Waals surface area contributed by atoms with Gasteiger partial charge in [-0.1, -0.05) is 17.9 Å². The van der Waals surface area contributed by atoms with E-state index in [-0.39, 0.29) is 28.4 Å². The van der Waals surface area contributed by atoms with Crippen molar-refractivity contribution in [1.29, 1.82) is 0 Å². The molecule has 3 aliphatic rings. The van der Waals surface area contributed by atoms with Gasteiger partial charge in [-0.05, 0) is 12.1 Å². The number of fused-ring (bicyclic) bond motifs is 1. The maximum absolute atomic E-state index is 11.8. The van der Waals surface area contributed by atoms with Crippen molar-refractivity contribution in [3.8, 4) is 45.6 Å². The van der Waals surface area contributed by atoms with E-state index in [4.69, 9.17) is 13.9 Å². The van der Waals surface area contributed by atoms with E-state index in [9.17, 15) is 40.5 Å². The summed E-state index contributed by atoms with van der Waals surface area (Å²) in [6.45, 7) is -0.675. The van der Waals surface area contributed by atoms with Crippen LogP contribution in [0.2, 0.25) is 0 Å². The summed E-state index contributed by atoms with van der Waals surface area (Å²) in [5.41, 5.74) is -0.318. The van der Waals surface area contributed by atoms with Crippen molar-refractivity contribution in [2.24, 2.45) is 0 Å². The highest BCUT2D eigenvalue weighted by Gasteiger charge is 2.45. The fraction of sp³-hybridized carbons (Fsp3) is 0.286. The highest BCUT2D eigenvalue weighted by atomic mass is 16.7. The van der Waals surface area contributed by atoms with Crippen molar-refractivity contribution in [3.05, 3.63) is 46.6 Å². The van der Waals surface area contributed by atoms with E-state index in [2.05, 4.69) is 0 Å². The summed E-state index contributed by atoms with van der Waals surface area (Å²) in [7, 11) is 0. The molecule has 0 radical (unpaired) electrons. The van der Waals surface area contributed by atoms with E-state index in [0.29, 0.717) is 0 Å². The molecule has 11 nitrogen and oxygen atoms in total. The minimum Gasteiger partial charge on any atom is -0.870 e. The summed E-state index contributed by atoms with van der Waals surface area (Å²) in [4.78, 5) is 11.8. The molecule has 4 rings (SSSR count). The molecule has 1 saturated heterocycles. The van der Waals surface area contributed by atoms with Crippen LogP contribution in [-0.2, 0) is 4.74 Å². The maximum atomic E-state index is 11.8. The lowest BCUT2D eigenvalue weighted by molar-refractivity contribution is -0.277. The van der Waals surface area contributed by atoms with Crippen molar-refractivity contribution >= 4 is 0 Å². The molecule has 11 heteroatoms. The predicted octanol–water partition coefficient (Wildman–Crippen LogP) is -0.925. The van der Waals surface area contributed by atoms with Gasteiger partial charge in [0, 0.05) is 17.7 Å². The third kappa shape index (κ3) is 3.83. The van der Waals surface area contributed by atoms with Crippen LogP contribution < -0.4 is 15.3 Å². The van der Waals surface area contributed by atoms with E-state index >= 15 is 0 Å². The molecule has 0 unspecified atom stereocenters. The van der Waals surface area contributed by atoms with Crippen LogP contribution >= 0.6 is 0 Å².